The number of hydrogen-bond donors (Lipinski definition) is 2. The molecule has 3 aromatic rings. The highest BCUT2D eigenvalue weighted by molar-refractivity contribution is 6.52. The molecule has 9 heteroatoms. The van der Waals surface area contributed by atoms with Crippen molar-refractivity contribution in [3.8, 4) is 5.75 Å². The lowest BCUT2D eigenvalue weighted by Crippen LogP contribution is -2.29. The van der Waals surface area contributed by atoms with Crippen LogP contribution in [0.5, 0.6) is 5.75 Å². The lowest BCUT2D eigenvalue weighted by atomic mass is 9.85. The average molecular weight is 567 g/mol. The summed E-state index contributed by atoms with van der Waals surface area (Å²) in [4.78, 5) is 40.0. The number of aliphatic hydroxyl groups is 1. The van der Waals surface area contributed by atoms with E-state index in [9.17, 15) is 19.5 Å². The van der Waals surface area contributed by atoms with Gasteiger partial charge in [-0.25, -0.2) is 0 Å². The molecule has 1 unspecified atom stereocenters. The fraction of sp³-hybridized carbons (Fsp3) is 0.233. The van der Waals surface area contributed by atoms with Crippen LogP contribution in [0, 0.1) is 0 Å². The molecule has 0 aliphatic carbocycles. The van der Waals surface area contributed by atoms with Crippen LogP contribution >= 0.6 is 23.2 Å². The van der Waals surface area contributed by atoms with Crippen LogP contribution in [-0.2, 0) is 19.8 Å². The van der Waals surface area contributed by atoms with Crippen molar-refractivity contribution in [1.82, 2.24) is 0 Å². The summed E-state index contributed by atoms with van der Waals surface area (Å²) in [6.07, 6.45) is 0. The Balaban J connectivity index is 1.94. The number of Topliss-reactive ketones (excluding diaryl/α,β-unsaturated/α-hetero) is 1. The Bertz CT molecular complexity index is 1480. The van der Waals surface area contributed by atoms with Crippen molar-refractivity contribution in [1.29, 1.82) is 0 Å². The number of ketones is 1. The summed E-state index contributed by atoms with van der Waals surface area (Å²) >= 11 is 12.6. The number of rotatable bonds is 5. The quantitative estimate of drug-likeness (QED) is 0.199. The van der Waals surface area contributed by atoms with Crippen LogP contribution in [0.25, 0.3) is 5.76 Å². The standard InChI is InChI=1S/C30H28Cl2N2O5/c1-16(35)33-20-7-6-8-21(15-20)34-25(17-9-11-19(12-10-17)30(2,3)4)24(27(37)29(34)38)26(36)18-13-22(31)28(39-5)23(32)14-18/h6-15,25,36H,1-5H3,(H,33,35)/b26-24+. The van der Waals surface area contributed by atoms with E-state index in [0.29, 0.717) is 16.9 Å². The van der Waals surface area contributed by atoms with E-state index in [-0.39, 0.29) is 38.3 Å². The van der Waals surface area contributed by atoms with E-state index >= 15 is 0 Å². The molecular weight excluding hydrogens is 539 g/mol. The summed E-state index contributed by atoms with van der Waals surface area (Å²) < 4.78 is 5.20. The second kappa shape index (κ2) is 10.8. The molecule has 0 saturated carbocycles. The third-order valence-electron chi connectivity index (χ3n) is 6.46. The molecule has 1 atom stereocenters. The molecule has 0 bridgehead atoms. The number of carbonyl (C=O) groups is 3. The number of aliphatic hydroxyl groups excluding tert-OH is 1. The summed E-state index contributed by atoms with van der Waals surface area (Å²) in [5.41, 5.74) is 2.42. The highest BCUT2D eigenvalue weighted by atomic mass is 35.5. The number of amides is 2. The van der Waals surface area contributed by atoms with Gasteiger partial charge < -0.3 is 15.2 Å². The van der Waals surface area contributed by atoms with E-state index in [4.69, 9.17) is 27.9 Å². The van der Waals surface area contributed by atoms with Gasteiger partial charge in [-0.15, -0.1) is 0 Å². The van der Waals surface area contributed by atoms with Gasteiger partial charge in [-0.05, 0) is 46.9 Å². The van der Waals surface area contributed by atoms with Crippen molar-refractivity contribution in [2.75, 3.05) is 17.3 Å². The maximum absolute atomic E-state index is 13.5. The van der Waals surface area contributed by atoms with E-state index in [1.807, 2.05) is 24.3 Å². The molecule has 1 aliphatic rings. The van der Waals surface area contributed by atoms with Crippen LogP contribution in [0.15, 0.2) is 66.2 Å². The van der Waals surface area contributed by atoms with Gasteiger partial charge in [0.2, 0.25) is 5.91 Å². The van der Waals surface area contributed by atoms with Crippen LogP contribution in [-0.4, -0.2) is 29.8 Å². The lowest BCUT2D eigenvalue weighted by Gasteiger charge is -2.27. The maximum Gasteiger partial charge on any atom is 0.300 e. The Kier molecular flexibility index (Phi) is 7.77. The summed E-state index contributed by atoms with van der Waals surface area (Å²) in [6, 6.07) is 16.0. The first-order chi connectivity index (χ1) is 18.3. The van der Waals surface area contributed by atoms with Crippen molar-refractivity contribution in [2.24, 2.45) is 0 Å². The number of hydrogen-bond acceptors (Lipinski definition) is 5. The van der Waals surface area contributed by atoms with Crippen molar-refractivity contribution in [3.63, 3.8) is 0 Å². The Labute approximate surface area is 237 Å². The minimum atomic E-state index is -0.966. The van der Waals surface area contributed by atoms with Crippen LogP contribution in [0.3, 0.4) is 0 Å². The largest absolute Gasteiger partial charge is 0.507 e. The second-order valence-electron chi connectivity index (χ2n) is 10.2. The predicted molar refractivity (Wildman–Crippen MR) is 154 cm³/mol. The van der Waals surface area contributed by atoms with Crippen LogP contribution in [0.1, 0.15) is 50.4 Å². The number of nitrogens with one attached hydrogen (secondary N) is 1. The smallest absolute Gasteiger partial charge is 0.300 e. The molecule has 1 fully saturated rings. The van der Waals surface area contributed by atoms with E-state index in [1.165, 1.54) is 31.1 Å². The molecule has 0 radical (unpaired) electrons. The number of benzene rings is 3. The van der Waals surface area contributed by atoms with Crippen molar-refractivity contribution in [3.05, 3.63) is 93.0 Å². The molecule has 2 N–H and O–H groups in total. The van der Waals surface area contributed by atoms with Crippen molar-refractivity contribution < 1.29 is 24.2 Å². The first kappa shape index (κ1) is 28.2. The van der Waals surface area contributed by atoms with E-state index in [2.05, 4.69) is 26.1 Å². The van der Waals surface area contributed by atoms with Crippen LogP contribution in [0.2, 0.25) is 10.0 Å². The van der Waals surface area contributed by atoms with Gasteiger partial charge in [0, 0.05) is 23.9 Å². The molecule has 4 rings (SSSR count). The molecule has 2 amide bonds. The number of methoxy groups -OCH3 is 1. The summed E-state index contributed by atoms with van der Waals surface area (Å²) in [5.74, 6) is -2.18. The molecule has 3 aromatic carbocycles. The minimum Gasteiger partial charge on any atom is -0.507 e. The summed E-state index contributed by atoms with van der Waals surface area (Å²) in [7, 11) is 1.41. The van der Waals surface area contributed by atoms with Gasteiger partial charge >= 0.3 is 0 Å². The zero-order valence-corrected chi connectivity index (χ0v) is 23.6. The second-order valence-corrected chi connectivity index (χ2v) is 11.1. The number of anilines is 2. The summed E-state index contributed by atoms with van der Waals surface area (Å²) in [5, 5.41) is 14.4. The van der Waals surface area contributed by atoms with Gasteiger partial charge in [0.1, 0.15) is 5.76 Å². The van der Waals surface area contributed by atoms with E-state index < -0.39 is 23.5 Å². The maximum atomic E-state index is 13.5. The van der Waals surface area contributed by atoms with Gasteiger partial charge in [-0.2, -0.15) is 0 Å². The third-order valence-corrected chi connectivity index (χ3v) is 7.02. The first-order valence-corrected chi connectivity index (χ1v) is 12.9. The molecule has 1 saturated heterocycles. The fourth-order valence-electron chi connectivity index (χ4n) is 4.56. The van der Waals surface area contributed by atoms with Crippen LogP contribution < -0.4 is 15.0 Å². The number of halogens is 2. The Hall–Kier alpha value is -3.81. The molecule has 1 aliphatic heterocycles. The van der Waals surface area contributed by atoms with Gasteiger partial charge in [-0.3, -0.25) is 19.3 Å². The normalized spacial score (nSPS) is 16.9. The molecule has 0 spiro atoms. The highest BCUT2D eigenvalue weighted by Gasteiger charge is 2.47. The first-order valence-electron chi connectivity index (χ1n) is 12.2. The Morgan fingerprint density at radius 2 is 1.62 bits per heavy atom. The molecule has 1 heterocycles. The van der Waals surface area contributed by atoms with Crippen molar-refractivity contribution in [2.45, 2.75) is 39.2 Å². The monoisotopic (exact) mass is 566 g/mol. The lowest BCUT2D eigenvalue weighted by molar-refractivity contribution is -0.132. The molecule has 39 heavy (non-hydrogen) atoms. The highest BCUT2D eigenvalue weighted by Crippen LogP contribution is 2.44. The van der Waals surface area contributed by atoms with Crippen LogP contribution in [0.4, 0.5) is 11.4 Å². The number of nitrogens with zero attached hydrogens (tertiary/aromatic N) is 1. The van der Waals surface area contributed by atoms with Gasteiger partial charge in [0.25, 0.3) is 11.7 Å². The molecule has 0 aromatic heterocycles. The molecule has 202 valence electrons. The average Bonchev–Trinajstić information content (AvgIpc) is 3.13. The predicted octanol–water partition coefficient (Wildman–Crippen LogP) is 6.88. The van der Waals surface area contributed by atoms with E-state index in [1.54, 1.807) is 24.3 Å². The SMILES string of the molecule is COc1c(Cl)cc(/C(O)=C2\C(=O)C(=O)N(c3cccc(NC(C)=O)c3)C2c2ccc(C(C)(C)C)cc2)cc1Cl. The van der Waals surface area contributed by atoms with Gasteiger partial charge in [0.05, 0.1) is 28.8 Å². The number of ether oxygens (including phenoxy) is 1. The molecule has 7 nitrogen and oxygen atoms in total. The zero-order chi connectivity index (χ0) is 28.6. The third kappa shape index (κ3) is 5.51. The van der Waals surface area contributed by atoms with Crippen molar-refractivity contribution >= 4 is 57.9 Å². The fourth-order valence-corrected chi connectivity index (χ4v) is 5.20. The Morgan fingerprint density at radius 1 is 1.00 bits per heavy atom. The van der Waals surface area contributed by atoms with E-state index in [0.717, 1.165) is 5.56 Å². The van der Waals surface area contributed by atoms with Gasteiger partial charge in [-0.1, -0.05) is 74.3 Å². The summed E-state index contributed by atoms with van der Waals surface area (Å²) in [6.45, 7) is 7.62. The van der Waals surface area contributed by atoms with Gasteiger partial charge in [0.15, 0.2) is 5.75 Å². The molecular formula is C30H28Cl2N2O5. The Morgan fingerprint density at radius 3 is 2.15 bits per heavy atom. The zero-order valence-electron chi connectivity index (χ0n) is 22.1. The minimum absolute atomic E-state index is 0.120. The topological polar surface area (TPSA) is 95.9 Å². The number of carbonyl (C=O) groups excluding carboxylic acids is 3.